The average molecular weight is 439 g/mol. The molecule has 1 aromatic carbocycles. The van der Waals surface area contributed by atoms with Gasteiger partial charge in [-0.25, -0.2) is 13.8 Å². The molecule has 8 nitrogen and oxygen atoms in total. The van der Waals surface area contributed by atoms with E-state index in [4.69, 9.17) is 4.74 Å². The number of hydrogen-bond acceptors (Lipinski definition) is 4. The van der Waals surface area contributed by atoms with Gasteiger partial charge in [0.1, 0.15) is 5.60 Å². The van der Waals surface area contributed by atoms with Crippen molar-refractivity contribution in [2.75, 3.05) is 17.4 Å². The Hall–Kier alpha value is -2.13. The maximum absolute atomic E-state index is 12.3. The van der Waals surface area contributed by atoms with Crippen molar-refractivity contribution in [2.24, 2.45) is 0 Å². The summed E-state index contributed by atoms with van der Waals surface area (Å²) in [5.74, 6) is -0.970. The van der Waals surface area contributed by atoms with Gasteiger partial charge >= 0.3 is 12.1 Å². The van der Waals surface area contributed by atoms with E-state index < -0.39 is 22.8 Å². The molecular weight excluding hydrogens is 408 g/mol. The Kier molecular flexibility index (Phi) is 6.71. The highest BCUT2D eigenvalue weighted by Crippen LogP contribution is 2.36. The lowest BCUT2D eigenvalue weighted by atomic mass is 9.86. The van der Waals surface area contributed by atoms with E-state index in [1.54, 1.807) is 11.0 Å². The van der Waals surface area contributed by atoms with E-state index >= 15 is 0 Å². The van der Waals surface area contributed by atoms with Gasteiger partial charge in [0.05, 0.1) is 11.3 Å². The zero-order valence-corrected chi connectivity index (χ0v) is 18.5. The Bertz CT molecular complexity index is 843. The smallest absolute Gasteiger partial charge is 0.410 e. The molecule has 2 aliphatic rings. The number of anilines is 1. The summed E-state index contributed by atoms with van der Waals surface area (Å²) in [6.45, 7) is 6.32. The predicted molar refractivity (Wildman–Crippen MR) is 114 cm³/mol. The van der Waals surface area contributed by atoms with Crippen LogP contribution in [0, 0.1) is 0 Å². The fraction of sp³-hybridized carbons (Fsp3) is 0.619. The number of hydrogen-bond donors (Lipinski definition) is 2. The second-order valence-corrected chi connectivity index (χ2v) is 9.71. The van der Waals surface area contributed by atoms with Crippen LogP contribution in [0.3, 0.4) is 0 Å². The van der Waals surface area contributed by atoms with Crippen molar-refractivity contribution in [3.05, 3.63) is 28.8 Å². The van der Waals surface area contributed by atoms with Crippen LogP contribution in [0.25, 0.3) is 0 Å². The molecule has 1 aliphatic carbocycles. The van der Waals surface area contributed by atoms with Crippen LogP contribution in [-0.2, 0) is 28.8 Å². The van der Waals surface area contributed by atoms with Crippen molar-refractivity contribution in [1.29, 1.82) is 0 Å². The standard InChI is InChI=1S/C21H30N2O6S/c1-21(2,3)29-20(26)22-12-10-14(11-13-22)23(30(27)28)18-9-8-17(19(24)25)15-6-4-5-7-16(15)18/h8-9,14H,4-7,10-13H2,1-3H3,(H,24,25)(H,27,28). The number of benzene rings is 1. The minimum absolute atomic E-state index is 0.226. The number of rotatable bonds is 4. The van der Waals surface area contributed by atoms with Gasteiger partial charge in [0.2, 0.25) is 0 Å². The summed E-state index contributed by atoms with van der Waals surface area (Å²) in [7, 11) is 0. The van der Waals surface area contributed by atoms with Crippen molar-refractivity contribution in [3.63, 3.8) is 0 Å². The minimum Gasteiger partial charge on any atom is -0.478 e. The van der Waals surface area contributed by atoms with Crippen LogP contribution in [0.4, 0.5) is 10.5 Å². The SMILES string of the molecule is CC(C)(C)OC(=O)N1CCC(N(c2ccc(C(=O)O)c3c2CCCC3)S(=O)O)CC1. The summed E-state index contributed by atoms with van der Waals surface area (Å²) in [5.41, 5.74) is 1.96. The summed E-state index contributed by atoms with van der Waals surface area (Å²) in [6.07, 6.45) is 3.87. The minimum atomic E-state index is -2.25. The van der Waals surface area contributed by atoms with Gasteiger partial charge in [0.25, 0.3) is 11.3 Å². The predicted octanol–water partition coefficient (Wildman–Crippen LogP) is 3.61. The fourth-order valence-corrected chi connectivity index (χ4v) is 5.08. The first-order valence-electron chi connectivity index (χ1n) is 10.3. The third-order valence-corrected chi connectivity index (χ3v) is 6.43. The van der Waals surface area contributed by atoms with E-state index in [1.807, 2.05) is 20.8 Å². The summed E-state index contributed by atoms with van der Waals surface area (Å²) in [5, 5.41) is 9.52. The number of carbonyl (C=O) groups is 2. The number of carboxylic acids is 1. The Morgan fingerprint density at radius 1 is 1.13 bits per heavy atom. The number of piperidine rings is 1. The van der Waals surface area contributed by atoms with Gasteiger partial charge in [-0.15, -0.1) is 0 Å². The van der Waals surface area contributed by atoms with Crippen molar-refractivity contribution >= 4 is 29.0 Å². The molecule has 1 amide bonds. The molecule has 0 radical (unpaired) electrons. The van der Waals surface area contributed by atoms with E-state index in [9.17, 15) is 23.5 Å². The third-order valence-electron chi connectivity index (χ3n) is 5.59. The number of nitrogens with zero attached hydrogens (tertiary/aromatic N) is 2. The highest BCUT2D eigenvalue weighted by molar-refractivity contribution is 7.80. The number of aromatic carboxylic acids is 1. The van der Waals surface area contributed by atoms with E-state index in [0.29, 0.717) is 44.5 Å². The third kappa shape index (κ3) is 4.95. The molecule has 166 valence electrons. The van der Waals surface area contributed by atoms with Crippen LogP contribution in [0.5, 0.6) is 0 Å². The normalized spacial score (nSPS) is 18.5. The number of likely N-dealkylation sites (tertiary alicyclic amines) is 1. The first-order valence-corrected chi connectivity index (χ1v) is 11.4. The molecule has 1 aromatic rings. The van der Waals surface area contributed by atoms with Crippen LogP contribution >= 0.6 is 0 Å². The van der Waals surface area contributed by atoms with Gasteiger partial charge in [0, 0.05) is 19.1 Å². The topological polar surface area (TPSA) is 107 Å². The van der Waals surface area contributed by atoms with Crippen molar-refractivity contribution < 1.29 is 28.2 Å². The molecule has 3 rings (SSSR count). The van der Waals surface area contributed by atoms with E-state index in [1.165, 1.54) is 10.4 Å². The van der Waals surface area contributed by atoms with Gasteiger partial charge in [-0.05, 0) is 82.6 Å². The zero-order chi connectivity index (χ0) is 22.1. The van der Waals surface area contributed by atoms with Gasteiger partial charge in [-0.1, -0.05) is 0 Å². The summed E-state index contributed by atoms with van der Waals surface area (Å²) < 4.78 is 29.3. The Morgan fingerprint density at radius 2 is 1.73 bits per heavy atom. The number of fused-ring (bicyclic) bond motifs is 1. The van der Waals surface area contributed by atoms with Crippen molar-refractivity contribution in [2.45, 2.75) is 70.9 Å². The molecular formula is C21H30N2O6S. The number of carboxylic acid groups (broad SMARTS) is 1. The molecule has 0 bridgehead atoms. The van der Waals surface area contributed by atoms with Crippen molar-refractivity contribution in [3.8, 4) is 0 Å². The van der Waals surface area contributed by atoms with E-state index in [-0.39, 0.29) is 17.7 Å². The van der Waals surface area contributed by atoms with Crippen molar-refractivity contribution in [1.82, 2.24) is 4.90 Å². The molecule has 2 N–H and O–H groups in total. The highest BCUT2D eigenvalue weighted by Gasteiger charge is 2.34. The quantitative estimate of drug-likeness (QED) is 0.696. The average Bonchev–Trinajstić information content (AvgIpc) is 2.67. The second kappa shape index (κ2) is 8.93. The van der Waals surface area contributed by atoms with Crippen LogP contribution < -0.4 is 4.31 Å². The molecule has 0 aromatic heterocycles. The fourth-order valence-electron chi connectivity index (χ4n) is 4.27. The number of carbonyl (C=O) groups excluding carboxylic acids is 1. The van der Waals surface area contributed by atoms with Gasteiger partial charge < -0.3 is 14.7 Å². The maximum Gasteiger partial charge on any atom is 0.410 e. The monoisotopic (exact) mass is 438 g/mol. The molecule has 1 heterocycles. The van der Waals surface area contributed by atoms with Crippen LogP contribution in [0.1, 0.15) is 67.9 Å². The first kappa shape index (κ1) is 22.6. The van der Waals surface area contributed by atoms with Crippen LogP contribution in [0.2, 0.25) is 0 Å². The molecule has 0 spiro atoms. The molecule has 1 saturated heterocycles. The lowest BCUT2D eigenvalue weighted by Gasteiger charge is -2.39. The lowest BCUT2D eigenvalue weighted by Crippen LogP contribution is -2.48. The second-order valence-electron chi connectivity index (χ2n) is 8.86. The molecule has 30 heavy (non-hydrogen) atoms. The molecule has 1 aliphatic heterocycles. The molecule has 1 unspecified atom stereocenters. The molecule has 0 saturated carbocycles. The van der Waals surface area contributed by atoms with E-state index in [0.717, 1.165) is 24.0 Å². The van der Waals surface area contributed by atoms with Crippen LogP contribution in [0.15, 0.2) is 12.1 Å². The van der Waals surface area contributed by atoms with Crippen LogP contribution in [-0.4, -0.2) is 55.6 Å². The first-order chi connectivity index (χ1) is 14.1. The molecule has 1 atom stereocenters. The Balaban J connectivity index is 1.82. The number of ether oxygens (including phenoxy) is 1. The number of amides is 1. The maximum atomic E-state index is 12.3. The Labute approximate surface area is 179 Å². The highest BCUT2D eigenvalue weighted by atomic mass is 32.2. The van der Waals surface area contributed by atoms with E-state index in [2.05, 4.69) is 0 Å². The van der Waals surface area contributed by atoms with Gasteiger partial charge in [-0.3, -0.25) is 8.86 Å². The van der Waals surface area contributed by atoms with Gasteiger partial charge in [-0.2, -0.15) is 0 Å². The zero-order valence-electron chi connectivity index (χ0n) is 17.7. The largest absolute Gasteiger partial charge is 0.478 e. The Morgan fingerprint density at radius 3 is 2.27 bits per heavy atom. The lowest BCUT2D eigenvalue weighted by molar-refractivity contribution is 0.0207. The molecule has 9 heteroatoms. The van der Waals surface area contributed by atoms with Gasteiger partial charge in [0.15, 0.2) is 0 Å². The summed E-state index contributed by atoms with van der Waals surface area (Å²) in [6, 6.07) is 2.97. The summed E-state index contributed by atoms with van der Waals surface area (Å²) in [4.78, 5) is 25.6. The summed E-state index contributed by atoms with van der Waals surface area (Å²) >= 11 is -2.25. The molecule has 1 fully saturated rings.